The monoisotopic (exact) mass is 357 g/mol. The molecular weight excluding hydrogens is 330 g/mol. The standard InChI is InChI=1S/C19H27N5O2/c1-3-17-23-18(26-24-17)15-8-6-14(7-9-15)10-11-21-19(20-2)22-13-16-5-4-12-25-16/h6-9,16H,3-5,10-13H2,1-2H3,(H2,20,21,22). The normalized spacial score (nSPS) is 17.5. The number of aliphatic imine (C=N–C) groups is 1. The van der Waals surface area contributed by atoms with E-state index in [-0.39, 0.29) is 0 Å². The Kier molecular flexibility index (Phi) is 6.60. The first kappa shape index (κ1) is 18.4. The van der Waals surface area contributed by atoms with E-state index in [1.807, 2.05) is 19.1 Å². The molecule has 0 spiro atoms. The van der Waals surface area contributed by atoms with Gasteiger partial charge in [0.2, 0.25) is 0 Å². The summed E-state index contributed by atoms with van der Waals surface area (Å²) in [5.41, 5.74) is 2.19. The van der Waals surface area contributed by atoms with Gasteiger partial charge in [0.25, 0.3) is 5.89 Å². The average molecular weight is 357 g/mol. The third-order valence-corrected chi connectivity index (χ3v) is 4.44. The van der Waals surface area contributed by atoms with E-state index in [0.717, 1.165) is 62.7 Å². The molecule has 2 heterocycles. The maximum atomic E-state index is 5.62. The molecule has 1 atom stereocenters. The van der Waals surface area contributed by atoms with Crippen LogP contribution in [0.2, 0.25) is 0 Å². The highest BCUT2D eigenvalue weighted by Gasteiger charge is 2.15. The van der Waals surface area contributed by atoms with Gasteiger partial charge in [0, 0.05) is 38.7 Å². The van der Waals surface area contributed by atoms with Gasteiger partial charge in [0.05, 0.1) is 6.10 Å². The lowest BCUT2D eigenvalue weighted by Gasteiger charge is -2.15. The molecule has 7 nitrogen and oxygen atoms in total. The number of rotatable bonds is 7. The van der Waals surface area contributed by atoms with Crippen molar-refractivity contribution >= 4 is 5.96 Å². The molecule has 0 aliphatic carbocycles. The van der Waals surface area contributed by atoms with Crippen molar-refractivity contribution in [2.75, 3.05) is 26.7 Å². The second kappa shape index (κ2) is 9.33. The number of nitrogens with zero attached hydrogens (tertiary/aromatic N) is 3. The smallest absolute Gasteiger partial charge is 0.257 e. The highest BCUT2D eigenvalue weighted by Crippen LogP contribution is 2.18. The van der Waals surface area contributed by atoms with Crippen molar-refractivity contribution in [3.05, 3.63) is 35.7 Å². The van der Waals surface area contributed by atoms with Gasteiger partial charge >= 0.3 is 0 Å². The van der Waals surface area contributed by atoms with E-state index in [9.17, 15) is 0 Å². The summed E-state index contributed by atoms with van der Waals surface area (Å²) in [6, 6.07) is 8.23. The van der Waals surface area contributed by atoms with Gasteiger partial charge in [-0.25, -0.2) is 0 Å². The Balaban J connectivity index is 1.43. The van der Waals surface area contributed by atoms with Gasteiger partial charge in [-0.1, -0.05) is 24.2 Å². The van der Waals surface area contributed by atoms with E-state index in [4.69, 9.17) is 9.26 Å². The Labute approximate surface area is 154 Å². The molecule has 0 amide bonds. The molecule has 1 aliphatic rings. The fraction of sp³-hybridized carbons (Fsp3) is 0.526. The number of nitrogens with one attached hydrogen (secondary N) is 2. The van der Waals surface area contributed by atoms with Gasteiger partial charge in [-0.15, -0.1) is 0 Å². The molecular formula is C19H27N5O2. The predicted molar refractivity (Wildman–Crippen MR) is 101 cm³/mol. The minimum absolute atomic E-state index is 0.305. The van der Waals surface area contributed by atoms with Crippen LogP contribution in [0.5, 0.6) is 0 Å². The van der Waals surface area contributed by atoms with Crippen LogP contribution in [0.4, 0.5) is 0 Å². The second-order valence-electron chi connectivity index (χ2n) is 6.33. The lowest BCUT2D eigenvalue weighted by molar-refractivity contribution is 0.114. The summed E-state index contributed by atoms with van der Waals surface area (Å²) in [5.74, 6) is 2.12. The van der Waals surface area contributed by atoms with Crippen LogP contribution >= 0.6 is 0 Å². The van der Waals surface area contributed by atoms with Gasteiger partial charge in [-0.3, -0.25) is 4.99 Å². The van der Waals surface area contributed by atoms with Gasteiger partial charge in [-0.05, 0) is 37.0 Å². The zero-order valence-electron chi connectivity index (χ0n) is 15.5. The van der Waals surface area contributed by atoms with Gasteiger partial charge in [0.1, 0.15) is 0 Å². The molecule has 26 heavy (non-hydrogen) atoms. The molecule has 1 aliphatic heterocycles. The summed E-state index contributed by atoms with van der Waals surface area (Å²) in [6.07, 6.45) is 4.26. The van der Waals surface area contributed by atoms with Gasteiger partial charge < -0.3 is 19.9 Å². The Hall–Kier alpha value is -2.41. The number of ether oxygens (including phenoxy) is 1. The predicted octanol–water partition coefficient (Wildman–Crippen LogP) is 2.19. The van der Waals surface area contributed by atoms with Gasteiger partial charge in [-0.2, -0.15) is 4.98 Å². The number of guanidine groups is 1. The number of hydrogen-bond donors (Lipinski definition) is 2. The molecule has 3 rings (SSSR count). The van der Waals surface area contributed by atoms with Crippen molar-refractivity contribution in [3.8, 4) is 11.5 Å². The van der Waals surface area contributed by atoms with Crippen molar-refractivity contribution in [2.24, 2.45) is 4.99 Å². The van der Waals surface area contributed by atoms with Crippen molar-refractivity contribution in [1.82, 2.24) is 20.8 Å². The summed E-state index contributed by atoms with van der Waals surface area (Å²) in [5, 5.41) is 10.6. The van der Waals surface area contributed by atoms with Crippen LogP contribution in [0, 0.1) is 0 Å². The molecule has 140 valence electrons. The molecule has 1 fully saturated rings. The lowest BCUT2D eigenvalue weighted by atomic mass is 10.1. The zero-order valence-corrected chi connectivity index (χ0v) is 15.5. The zero-order chi connectivity index (χ0) is 18.2. The molecule has 1 saturated heterocycles. The van der Waals surface area contributed by atoms with E-state index in [1.54, 1.807) is 7.05 Å². The summed E-state index contributed by atoms with van der Waals surface area (Å²) >= 11 is 0. The van der Waals surface area contributed by atoms with Crippen LogP contribution in [0.15, 0.2) is 33.8 Å². The minimum atomic E-state index is 0.305. The lowest BCUT2D eigenvalue weighted by Crippen LogP contribution is -2.41. The third kappa shape index (κ3) is 5.05. The van der Waals surface area contributed by atoms with Crippen LogP contribution in [0.1, 0.15) is 31.2 Å². The highest BCUT2D eigenvalue weighted by atomic mass is 16.5. The Morgan fingerprint density at radius 3 is 2.77 bits per heavy atom. The molecule has 7 heteroatoms. The molecule has 2 N–H and O–H groups in total. The minimum Gasteiger partial charge on any atom is -0.376 e. The van der Waals surface area contributed by atoms with Crippen LogP contribution in [-0.4, -0.2) is 48.9 Å². The van der Waals surface area contributed by atoms with Crippen LogP contribution in [0.3, 0.4) is 0 Å². The summed E-state index contributed by atoms with van der Waals surface area (Å²) in [6.45, 7) is 4.50. The van der Waals surface area contributed by atoms with Crippen LogP contribution in [-0.2, 0) is 17.6 Å². The molecule has 1 aromatic carbocycles. The third-order valence-electron chi connectivity index (χ3n) is 4.44. The maximum absolute atomic E-state index is 5.62. The largest absolute Gasteiger partial charge is 0.376 e. The molecule has 0 radical (unpaired) electrons. The topological polar surface area (TPSA) is 84.6 Å². The maximum Gasteiger partial charge on any atom is 0.257 e. The molecule has 0 bridgehead atoms. The Morgan fingerprint density at radius 2 is 2.12 bits per heavy atom. The SMILES string of the molecule is CCc1noc(-c2ccc(CCNC(=NC)NCC3CCCO3)cc2)n1. The number of aryl methyl sites for hydroxylation is 1. The highest BCUT2D eigenvalue weighted by molar-refractivity contribution is 5.79. The molecule has 2 aromatic rings. The number of aromatic nitrogens is 2. The molecule has 1 unspecified atom stereocenters. The second-order valence-corrected chi connectivity index (χ2v) is 6.33. The molecule has 1 aromatic heterocycles. The Morgan fingerprint density at radius 1 is 1.27 bits per heavy atom. The fourth-order valence-electron chi connectivity index (χ4n) is 2.89. The van der Waals surface area contributed by atoms with Crippen LogP contribution in [0.25, 0.3) is 11.5 Å². The fourth-order valence-corrected chi connectivity index (χ4v) is 2.89. The van der Waals surface area contributed by atoms with Crippen molar-refractivity contribution in [2.45, 2.75) is 38.7 Å². The van der Waals surface area contributed by atoms with E-state index in [2.05, 4.69) is 37.9 Å². The Bertz CT molecular complexity index is 705. The average Bonchev–Trinajstić information content (AvgIpc) is 3.36. The van der Waals surface area contributed by atoms with E-state index < -0.39 is 0 Å². The van der Waals surface area contributed by atoms with Crippen molar-refractivity contribution in [3.63, 3.8) is 0 Å². The van der Waals surface area contributed by atoms with Crippen molar-refractivity contribution in [1.29, 1.82) is 0 Å². The summed E-state index contributed by atoms with van der Waals surface area (Å²) in [7, 11) is 1.79. The number of benzene rings is 1. The van der Waals surface area contributed by atoms with E-state index in [0.29, 0.717) is 12.0 Å². The summed E-state index contributed by atoms with van der Waals surface area (Å²) in [4.78, 5) is 8.61. The number of hydrogen-bond acceptors (Lipinski definition) is 5. The van der Waals surface area contributed by atoms with Crippen molar-refractivity contribution < 1.29 is 9.26 Å². The molecule has 0 saturated carbocycles. The van der Waals surface area contributed by atoms with Gasteiger partial charge in [0.15, 0.2) is 11.8 Å². The first-order chi connectivity index (χ1) is 12.8. The first-order valence-electron chi connectivity index (χ1n) is 9.26. The summed E-state index contributed by atoms with van der Waals surface area (Å²) < 4.78 is 10.9. The van der Waals surface area contributed by atoms with E-state index in [1.165, 1.54) is 5.56 Å². The van der Waals surface area contributed by atoms with Crippen LogP contribution < -0.4 is 10.6 Å². The quantitative estimate of drug-likeness (QED) is 0.584. The first-order valence-corrected chi connectivity index (χ1v) is 9.26. The van der Waals surface area contributed by atoms with E-state index >= 15 is 0 Å².